The van der Waals surface area contributed by atoms with Crippen molar-refractivity contribution in [1.29, 1.82) is 0 Å². The van der Waals surface area contributed by atoms with Crippen molar-refractivity contribution in [2.24, 2.45) is 5.92 Å². The molecule has 0 radical (unpaired) electrons. The van der Waals surface area contributed by atoms with Gasteiger partial charge >= 0.3 is 5.97 Å². The summed E-state index contributed by atoms with van der Waals surface area (Å²) in [5.41, 5.74) is 0.399. The Morgan fingerprint density at radius 3 is 2.65 bits per heavy atom. The fourth-order valence-electron chi connectivity index (χ4n) is 1.80. The molecule has 2 rings (SSSR count). The maximum atomic E-state index is 12.0. The number of ether oxygens (including phenoxy) is 1. The third-order valence-electron chi connectivity index (χ3n) is 3.29. The Morgan fingerprint density at radius 1 is 1.35 bits per heavy atom. The molecule has 1 fully saturated rings. The topological polar surface area (TPSA) is 55.4 Å². The van der Waals surface area contributed by atoms with Crippen LogP contribution in [0, 0.1) is 5.92 Å². The van der Waals surface area contributed by atoms with Gasteiger partial charge in [-0.1, -0.05) is 29.6 Å². The summed E-state index contributed by atoms with van der Waals surface area (Å²) in [6.45, 7) is 1.53. The molecule has 0 aromatic heterocycles. The summed E-state index contributed by atoms with van der Waals surface area (Å²) >= 11 is 11.8. The summed E-state index contributed by atoms with van der Waals surface area (Å²) in [4.78, 5) is 23.6. The number of anilines is 1. The average Bonchev–Trinajstić information content (AvgIpc) is 2.31. The summed E-state index contributed by atoms with van der Waals surface area (Å²) in [6, 6.07) is 4.76. The molecule has 1 aliphatic rings. The number of carbonyl (C=O) groups excluding carboxylic acids is 2. The minimum Gasteiger partial charge on any atom is -0.452 e. The fourth-order valence-corrected chi connectivity index (χ4v) is 2.13. The summed E-state index contributed by atoms with van der Waals surface area (Å²) in [6.07, 6.45) is 1.86. The lowest BCUT2D eigenvalue weighted by molar-refractivity contribution is -0.159. The molecule has 0 aliphatic heterocycles. The van der Waals surface area contributed by atoms with Crippen LogP contribution in [-0.4, -0.2) is 18.0 Å². The van der Waals surface area contributed by atoms with Crippen molar-refractivity contribution in [3.05, 3.63) is 28.2 Å². The van der Waals surface area contributed by atoms with Gasteiger partial charge in [-0.2, -0.15) is 0 Å². The number of hydrogen-bond acceptors (Lipinski definition) is 3. The third kappa shape index (κ3) is 3.64. The van der Waals surface area contributed by atoms with E-state index in [1.165, 1.54) is 6.92 Å². The van der Waals surface area contributed by atoms with Gasteiger partial charge in [0.2, 0.25) is 0 Å². The predicted octanol–water partition coefficient (Wildman–Crippen LogP) is 3.66. The normalized spacial score (nSPS) is 16.1. The number of amides is 1. The van der Waals surface area contributed by atoms with Gasteiger partial charge in [0, 0.05) is 5.02 Å². The van der Waals surface area contributed by atoms with E-state index in [4.69, 9.17) is 27.9 Å². The highest BCUT2D eigenvalue weighted by atomic mass is 35.5. The lowest BCUT2D eigenvalue weighted by Gasteiger charge is -2.24. The first-order valence-electron chi connectivity index (χ1n) is 6.44. The standard InChI is InChI=1S/C14H15Cl2NO3/c1-8(20-14(19)9-3-2-4-9)13(18)17-12-7-10(15)5-6-11(12)16/h5-9H,2-4H2,1H3,(H,17,18)/t8-/m0/s1. The molecule has 20 heavy (non-hydrogen) atoms. The van der Waals surface area contributed by atoms with Gasteiger partial charge in [0.15, 0.2) is 6.10 Å². The maximum absolute atomic E-state index is 12.0. The summed E-state index contributed by atoms with van der Waals surface area (Å²) in [5, 5.41) is 3.44. The molecule has 4 nitrogen and oxygen atoms in total. The number of halogens is 2. The van der Waals surface area contributed by atoms with E-state index >= 15 is 0 Å². The fraction of sp³-hybridized carbons (Fsp3) is 0.429. The van der Waals surface area contributed by atoms with Gasteiger partial charge < -0.3 is 10.1 Å². The molecule has 1 aliphatic carbocycles. The predicted molar refractivity (Wildman–Crippen MR) is 78.0 cm³/mol. The van der Waals surface area contributed by atoms with Crippen LogP contribution in [0.25, 0.3) is 0 Å². The Labute approximate surface area is 127 Å². The number of nitrogens with one attached hydrogen (secondary N) is 1. The molecule has 0 heterocycles. The highest BCUT2D eigenvalue weighted by Gasteiger charge is 2.29. The number of benzene rings is 1. The number of esters is 1. The highest BCUT2D eigenvalue weighted by Crippen LogP contribution is 2.28. The largest absolute Gasteiger partial charge is 0.452 e. The lowest BCUT2D eigenvalue weighted by atomic mass is 9.86. The first kappa shape index (κ1) is 15.1. The van der Waals surface area contributed by atoms with Crippen molar-refractivity contribution in [1.82, 2.24) is 0 Å². The van der Waals surface area contributed by atoms with Crippen molar-refractivity contribution < 1.29 is 14.3 Å². The smallest absolute Gasteiger partial charge is 0.309 e. The molecule has 1 atom stereocenters. The molecule has 0 bridgehead atoms. The summed E-state index contributed by atoms with van der Waals surface area (Å²) in [7, 11) is 0. The van der Waals surface area contributed by atoms with E-state index in [2.05, 4.69) is 5.32 Å². The Bertz CT molecular complexity index is 529. The van der Waals surface area contributed by atoms with Crippen molar-refractivity contribution in [3.8, 4) is 0 Å². The van der Waals surface area contributed by atoms with Gasteiger partial charge in [-0.25, -0.2) is 0 Å². The first-order valence-corrected chi connectivity index (χ1v) is 7.19. The second kappa shape index (κ2) is 6.46. The zero-order chi connectivity index (χ0) is 14.7. The van der Waals surface area contributed by atoms with E-state index in [9.17, 15) is 9.59 Å². The van der Waals surface area contributed by atoms with E-state index in [-0.39, 0.29) is 11.9 Å². The van der Waals surface area contributed by atoms with Crippen LogP contribution < -0.4 is 5.32 Å². The van der Waals surface area contributed by atoms with Gasteiger partial charge in [0.1, 0.15) is 0 Å². The Balaban J connectivity index is 1.93. The molecule has 108 valence electrons. The van der Waals surface area contributed by atoms with E-state index in [0.29, 0.717) is 15.7 Å². The molecule has 1 amide bonds. The second-order valence-electron chi connectivity index (χ2n) is 4.82. The van der Waals surface area contributed by atoms with Gasteiger partial charge in [0.25, 0.3) is 5.91 Å². The van der Waals surface area contributed by atoms with E-state index in [1.807, 2.05) is 0 Å². The summed E-state index contributed by atoms with van der Waals surface area (Å²) < 4.78 is 5.13. The van der Waals surface area contributed by atoms with Crippen LogP contribution in [0.4, 0.5) is 5.69 Å². The van der Waals surface area contributed by atoms with Crippen molar-refractivity contribution in [3.63, 3.8) is 0 Å². The molecule has 0 saturated heterocycles. The average molecular weight is 316 g/mol. The molecular formula is C14H15Cl2NO3. The van der Waals surface area contributed by atoms with E-state index in [0.717, 1.165) is 19.3 Å². The van der Waals surface area contributed by atoms with Gasteiger partial charge in [-0.05, 0) is 38.0 Å². The van der Waals surface area contributed by atoms with Crippen molar-refractivity contribution in [2.75, 3.05) is 5.32 Å². The van der Waals surface area contributed by atoms with Crippen LogP contribution in [0.15, 0.2) is 18.2 Å². The molecule has 1 saturated carbocycles. The zero-order valence-electron chi connectivity index (χ0n) is 11.0. The van der Waals surface area contributed by atoms with Crippen molar-refractivity contribution >= 4 is 40.8 Å². The Kier molecular flexibility index (Phi) is 4.89. The maximum Gasteiger partial charge on any atom is 0.309 e. The second-order valence-corrected chi connectivity index (χ2v) is 5.66. The Hall–Kier alpha value is -1.26. The lowest BCUT2D eigenvalue weighted by Crippen LogP contribution is -2.34. The molecule has 1 aromatic carbocycles. The molecule has 0 spiro atoms. The first-order chi connectivity index (χ1) is 9.47. The molecular weight excluding hydrogens is 301 g/mol. The van der Waals surface area contributed by atoms with Gasteiger partial charge in [-0.15, -0.1) is 0 Å². The van der Waals surface area contributed by atoms with E-state index in [1.54, 1.807) is 18.2 Å². The number of rotatable bonds is 4. The molecule has 1 aromatic rings. The van der Waals surface area contributed by atoms with E-state index < -0.39 is 12.0 Å². The zero-order valence-corrected chi connectivity index (χ0v) is 12.5. The van der Waals surface area contributed by atoms with Crippen LogP contribution in [0.1, 0.15) is 26.2 Å². The van der Waals surface area contributed by atoms with Gasteiger partial charge in [0.05, 0.1) is 16.6 Å². The minimum atomic E-state index is -0.863. The third-order valence-corrected chi connectivity index (χ3v) is 3.85. The molecule has 0 unspecified atom stereocenters. The van der Waals surface area contributed by atoms with Gasteiger partial charge in [-0.3, -0.25) is 9.59 Å². The molecule has 6 heteroatoms. The number of carbonyl (C=O) groups is 2. The van der Waals surface area contributed by atoms with Crippen LogP contribution >= 0.6 is 23.2 Å². The van der Waals surface area contributed by atoms with Crippen LogP contribution in [0.5, 0.6) is 0 Å². The highest BCUT2D eigenvalue weighted by molar-refractivity contribution is 6.35. The van der Waals surface area contributed by atoms with Crippen molar-refractivity contribution in [2.45, 2.75) is 32.3 Å². The van der Waals surface area contributed by atoms with Crippen LogP contribution in [0.2, 0.25) is 10.0 Å². The summed E-state index contributed by atoms with van der Waals surface area (Å²) in [5.74, 6) is -0.794. The number of hydrogen-bond donors (Lipinski definition) is 1. The van der Waals surface area contributed by atoms with Crippen LogP contribution in [-0.2, 0) is 14.3 Å². The monoisotopic (exact) mass is 315 g/mol. The van der Waals surface area contributed by atoms with Crippen LogP contribution in [0.3, 0.4) is 0 Å². The molecule has 1 N–H and O–H groups in total. The SMILES string of the molecule is C[C@H](OC(=O)C1CCC1)C(=O)Nc1cc(Cl)ccc1Cl. The quantitative estimate of drug-likeness (QED) is 0.862. The Morgan fingerprint density at radius 2 is 2.05 bits per heavy atom. The minimum absolute atomic E-state index is 0.0555.